The SMILES string of the molecule is COc1cc(S(C)(=O)=O)ccc1-c1nnc(N[C@@H]2CCCN(C)C2)cc1C. The number of nitrogens with zero attached hydrogens (tertiary/aromatic N) is 3. The molecular weight excluding hydrogens is 364 g/mol. The minimum absolute atomic E-state index is 0.216. The van der Waals surface area contributed by atoms with Crippen molar-refractivity contribution < 1.29 is 13.2 Å². The Bertz CT molecular complexity index is 931. The van der Waals surface area contributed by atoms with Gasteiger partial charge in [0.2, 0.25) is 0 Å². The van der Waals surface area contributed by atoms with E-state index >= 15 is 0 Å². The first-order valence-corrected chi connectivity index (χ1v) is 10.8. The summed E-state index contributed by atoms with van der Waals surface area (Å²) in [5, 5.41) is 12.2. The Balaban J connectivity index is 1.87. The zero-order valence-corrected chi connectivity index (χ0v) is 17.0. The van der Waals surface area contributed by atoms with Gasteiger partial charge in [-0.05, 0) is 63.2 Å². The zero-order chi connectivity index (χ0) is 19.6. The predicted molar refractivity (Wildman–Crippen MR) is 106 cm³/mol. The van der Waals surface area contributed by atoms with Gasteiger partial charge in [0.25, 0.3) is 0 Å². The number of methoxy groups -OCH3 is 1. The minimum Gasteiger partial charge on any atom is -0.496 e. The Labute approximate surface area is 160 Å². The van der Waals surface area contributed by atoms with Gasteiger partial charge in [-0.3, -0.25) is 0 Å². The lowest BCUT2D eigenvalue weighted by atomic mass is 10.1. The average molecular weight is 391 g/mol. The standard InChI is InChI=1S/C19H26N4O3S/c1-13-10-18(20-14-6-5-9-23(2)12-14)21-22-19(13)16-8-7-15(27(4,24)25)11-17(16)26-3/h7-8,10-11,14H,5-6,9,12H2,1-4H3,(H,20,21)/t14-/m1/s1. The molecule has 2 heterocycles. The molecule has 0 bridgehead atoms. The number of nitrogens with one attached hydrogen (secondary N) is 1. The second-order valence-corrected chi connectivity index (χ2v) is 9.16. The molecule has 1 fully saturated rings. The van der Waals surface area contributed by atoms with Crippen LogP contribution in [-0.4, -0.2) is 63.1 Å². The number of likely N-dealkylation sites (N-methyl/N-ethyl adjacent to an activating group) is 1. The molecule has 3 rings (SSSR count). The highest BCUT2D eigenvalue weighted by atomic mass is 32.2. The van der Waals surface area contributed by atoms with E-state index in [-0.39, 0.29) is 4.90 Å². The van der Waals surface area contributed by atoms with E-state index in [0.29, 0.717) is 17.5 Å². The molecule has 1 atom stereocenters. The molecule has 146 valence electrons. The highest BCUT2D eigenvalue weighted by Gasteiger charge is 2.19. The van der Waals surface area contributed by atoms with Crippen molar-refractivity contribution in [1.82, 2.24) is 15.1 Å². The highest BCUT2D eigenvalue weighted by molar-refractivity contribution is 7.90. The topological polar surface area (TPSA) is 84.4 Å². The first-order valence-electron chi connectivity index (χ1n) is 8.96. The molecule has 1 aromatic carbocycles. The van der Waals surface area contributed by atoms with Gasteiger partial charge in [-0.25, -0.2) is 8.42 Å². The van der Waals surface area contributed by atoms with E-state index in [2.05, 4.69) is 27.5 Å². The minimum atomic E-state index is -3.30. The van der Waals surface area contributed by atoms with Crippen LogP contribution >= 0.6 is 0 Å². The summed E-state index contributed by atoms with van der Waals surface area (Å²) in [6.45, 7) is 4.08. The summed E-state index contributed by atoms with van der Waals surface area (Å²) in [6.07, 6.45) is 3.46. The van der Waals surface area contributed by atoms with Crippen LogP contribution in [0, 0.1) is 6.92 Å². The summed E-state index contributed by atoms with van der Waals surface area (Å²) in [5.41, 5.74) is 2.35. The van der Waals surface area contributed by atoms with Gasteiger partial charge in [0.1, 0.15) is 11.6 Å². The summed E-state index contributed by atoms with van der Waals surface area (Å²) >= 11 is 0. The third-order valence-corrected chi connectivity index (χ3v) is 5.93. The van der Waals surface area contributed by atoms with Gasteiger partial charge < -0.3 is 15.0 Å². The van der Waals surface area contributed by atoms with Crippen molar-refractivity contribution in [2.45, 2.75) is 30.7 Å². The van der Waals surface area contributed by atoms with E-state index in [1.54, 1.807) is 12.1 Å². The number of hydrogen-bond donors (Lipinski definition) is 1. The molecule has 0 aliphatic carbocycles. The monoisotopic (exact) mass is 390 g/mol. The summed E-state index contributed by atoms with van der Waals surface area (Å²) in [4.78, 5) is 2.53. The molecule has 2 aromatic rings. The lowest BCUT2D eigenvalue weighted by Gasteiger charge is -2.30. The van der Waals surface area contributed by atoms with Gasteiger partial charge in [-0.15, -0.1) is 10.2 Å². The van der Waals surface area contributed by atoms with Crippen molar-refractivity contribution >= 4 is 15.7 Å². The largest absolute Gasteiger partial charge is 0.496 e. The Morgan fingerprint density at radius 3 is 2.67 bits per heavy atom. The Hall–Kier alpha value is -2.19. The van der Waals surface area contributed by atoms with Crippen molar-refractivity contribution in [3.05, 3.63) is 29.8 Å². The van der Waals surface area contributed by atoms with Crippen LogP contribution in [0.15, 0.2) is 29.2 Å². The molecule has 0 spiro atoms. The Kier molecular flexibility index (Phi) is 5.67. The number of hydrogen-bond acceptors (Lipinski definition) is 7. The normalized spacial score (nSPS) is 18.3. The van der Waals surface area contributed by atoms with Crippen LogP contribution in [0.2, 0.25) is 0 Å². The lowest BCUT2D eigenvalue weighted by Crippen LogP contribution is -2.39. The molecule has 0 amide bonds. The van der Waals surface area contributed by atoms with Crippen LogP contribution in [0.25, 0.3) is 11.3 Å². The van der Waals surface area contributed by atoms with Crippen LogP contribution < -0.4 is 10.1 Å². The number of likely N-dealkylation sites (tertiary alicyclic amines) is 1. The molecule has 0 radical (unpaired) electrons. The van der Waals surface area contributed by atoms with E-state index in [0.717, 1.165) is 36.5 Å². The van der Waals surface area contributed by atoms with E-state index in [1.165, 1.54) is 25.9 Å². The summed E-state index contributed by atoms with van der Waals surface area (Å²) < 4.78 is 29.0. The number of benzene rings is 1. The Morgan fingerprint density at radius 1 is 1.26 bits per heavy atom. The Morgan fingerprint density at radius 2 is 2.04 bits per heavy atom. The second kappa shape index (κ2) is 7.82. The molecule has 1 aromatic heterocycles. The maximum atomic E-state index is 11.8. The van der Waals surface area contributed by atoms with E-state index in [9.17, 15) is 8.42 Å². The fraction of sp³-hybridized carbons (Fsp3) is 0.474. The summed E-state index contributed by atoms with van der Waals surface area (Å²) in [6, 6.07) is 7.15. The maximum absolute atomic E-state index is 11.8. The number of aromatic nitrogens is 2. The maximum Gasteiger partial charge on any atom is 0.175 e. The van der Waals surface area contributed by atoms with E-state index < -0.39 is 9.84 Å². The highest BCUT2D eigenvalue weighted by Crippen LogP contribution is 2.33. The predicted octanol–water partition coefficient (Wildman–Crippen LogP) is 2.37. The number of ether oxygens (including phenoxy) is 1. The fourth-order valence-electron chi connectivity index (χ4n) is 3.41. The molecule has 1 N–H and O–H groups in total. The van der Waals surface area contributed by atoms with Gasteiger partial charge in [0.15, 0.2) is 9.84 Å². The zero-order valence-electron chi connectivity index (χ0n) is 16.2. The van der Waals surface area contributed by atoms with Gasteiger partial charge in [-0.2, -0.15) is 0 Å². The molecule has 27 heavy (non-hydrogen) atoms. The van der Waals surface area contributed by atoms with Crippen LogP contribution in [-0.2, 0) is 9.84 Å². The lowest BCUT2D eigenvalue weighted by molar-refractivity contribution is 0.260. The van der Waals surface area contributed by atoms with Crippen LogP contribution in [0.4, 0.5) is 5.82 Å². The van der Waals surface area contributed by atoms with Gasteiger partial charge in [0, 0.05) is 24.4 Å². The van der Waals surface area contributed by atoms with Crippen LogP contribution in [0.5, 0.6) is 5.75 Å². The van der Waals surface area contributed by atoms with Crippen molar-refractivity contribution in [3.63, 3.8) is 0 Å². The number of rotatable bonds is 5. The first kappa shape index (κ1) is 19.6. The first-order chi connectivity index (χ1) is 12.8. The molecule has 1 saturated heterocycles. The third kappa shape index (κ3) is 4.56. The van der Waals surface area contributed by atoms with Crippen LogP contribution in [0.1, 0.15) is 18.4 Å². The number of anilines is 1. The molecule has 0 saturated carbocycles. The molecule has 1 aliphatic heterocycles. The smallest absolute Gasteiger partial charge is 0.175 e. The van der Waals surface area contributed by atoms with E-state index in [4.69, 9.17) is 4.74 Å². The van der Waals surface area contributed by atoms with Gasteiger partial charge in [-0.1, -0.05) is 0 Å². The molecule has 0 unspecified atom stereocenters. The fourth-order valence-corrected chi connectivity index (χ4v) is 4.05. The second-order valence-electron chi connectivity index (χ2n) is 7.14. The van der Waals surface area contributed by atoms with Crippen molar-refractivity contribution in [2.24, 2.45) is 0 Å². The molecule has 8 heteroatoms. The molecule has 1 aliphatic rings. The molecule has 7 nitrogen and oxygen atoms in total. The number of piperidine rings is 1. The van der Waals surface area contributed by atoms with Gasteiger partial charge in [0.05, 0.1) is 17.7 Å². The van der Waals surface area contributed by atoms with Gasteiger partial charge >= 0.3 is 0 Å². The van der Waals surface area contributed by atoms with E-state index in [1.807, 2.05) is 13.0 Å². The summed E-state index contributed by atoms with van der Waals surface area (Å²) in [7, 11) is 0.340. The van der Waals surface area contributed by atoms with Crippen molar-refractivity contribution in [1.29, 1.82) is 0 Å². The summed E-state index contributed by atoms with van der Waals surface area (Å²) in [5.74, 6) is 1.22. The number of aryl methyl sites for hydroxylation is 1. The third-order valence-electron chi connectivity index (χ3n) is 4.82. The quantitative estimate of drug-likeness (QED) is 0.839. The van der Waals surface area contributed by atoms with Crippen LogP contribution in [0.3, 0.4) is 0 Å². The van der Waals surface area contributed by atoms with Crippen molar-refractivity contribution in [2.75, 3.05) is 38.8 Å². The number of sulfone groups is 1. The van der Waals surface area contributed by atoms with Crippen molar-refractivity contribution in [3.8, 4) is 17.0 Å². The average Bonchev–Trinajstić information content (AvgIpc) is 2.61. The molecular formula is C19H26N4O3S.